The Kier molecular flexibility index (Phi) is 7.74. The molecule has 4 rings (SSSR count). The molecule has 9 heteroatoms. The van der Waals surface area contributed by atoms with Crippen LogP contribution in [0.5, 0.6) is 17.2 Å². The van der Waals surface area contributed by atoms with Gasteiger partial charge in [-0.2, -0.15) is 0 Å². The van der Waals surface area contributed by atoms with Crippen LogP contribution >= 0.6 is 0 Å². The summed E-state index contributed by atoms with van der Waals surface area (Å²) in [7, 11) is 1.54. The Labute approximate surface area is 204 Å². The van der Waals surface area contributed by atoms with Gasteiger partial charge in [0, 0.05) is 25.2 Å². The number of nitrogens with one attached hydrogen (secondary N) is 2. The van der Waals surface area contributed by atoms with Gasteiger partial charge in [-0.05, 0) is 55.5 Å². The Balaban J connectivity index is 1.44. The van der Waals surface area contributed by atoms with Crippen molar-refractivity contribution in [2.24, 2.45) is 5.92 Å². The smallest absolute Gasteiger partial charge is 0.257 e. The second-order valence-corrected chi connectivity index (χ2v) is 8.64. The zero-order valence-electron chi connectivity index (χ0n) is 20.0. The largest absolute Gasteiger partial charge is 0.496 e. The van der Waals surface area contributed by atoms with Gasteiger partial charge < -0.3 is 29.7 Å². The standard InChI is InChI=1S/C26H31N3O6/c1-3-12-27-25(31)23(28-24(30)18-8-9-21-22(15-18)35-16-34-21)17-10-13-29(14-11-17)26(32)19-6-4-5-7-20(19)33-2/h4-9,15,17,23H,3,10-14,16H2,1-2H3,(H,27,31)(H,28,30)/t23-/m0/s1. The van der Waals surface area contributed by atoms with Crippen molar-refractivity contribution < 1.29 is 28.6 Å². The minimum absolute atomic E-state index is 0.0997. The highest BCUT2D eigenvalue weighted by molar-refractivity contribution is 5.98. The van der Waals surface area contributed by atoms with Crippen LogP contribution in [-0.2, 0) is 4.79 Å². The first-order valence-electron chi connectivity index (χ1n) is 11.9. The minimum atomic E-state index is -0.706. The lowest BCUT2D eigenvalue weighted by atomic mass is 9.88. The average molecular weight is 482 g/mol. The quantitative estimate of drug-likeness (QED) is 0.600. The van der Waals surface area contributed by atoms with E-state index in [-0.39, 0.29) is 30.4 Å². The maximum atomic E-state index is 13.1. The molecule has 35 heavy (non-hydrogen) atoms. The molecule has 0 aromatic heterocycles. The van der Waals surface area contributed by atoms with E-state index in [1.165, 1.54) is 0 Å². The van der Waals surface area contributed by atoms with Gasteiger partial charge in [0.15, 0.2) is 11.5 Å². The third kappa shape index (κ3) is 5.50. The fourth-order valence-electron chi connectivity index (χ4n) is 4.45. The number of fused-ring (bicyclic) bond motifs is 1. The number of rotatable bonds is 8. The lowest BCUT2D eigenvalue weighted by Crippen LogP contribution is -2.54. The SMILES string of the molecule is CCCNC(=O)[C@@H](NC(=O)c1ccc2c(c1)OCO2)C1CCN(C(=O)c2ccccc2OC)CC1. The van der Waals surface area contributed by atoms with E-state index in [0.717, 1.165) is 6.42 Å². The molecule has 3 amide bonds. The van der Waals surface area contributed by atoms with E-state index in [1.807, 2.05) is 19.1 Å². The van der Waals surface area contributed by atoms with Gasteiger partial charge in [0.25, 0.3) is 11.8 Å². The van der Waals surface area contributed by atoms with Crippen LogP contribution < -0.4 is 24.8 Å². The molecule has 2 aromatic rings. The summed E-state index contributed by atoms with van der Waals surface area (Å²) in [5, 5.41) is 5.83. The molecule has 0 radical (unpaired) electrons. The molecule has 0 saturated carbocycles. The predicted molar refractivity (Wildman–Crippen MR) is 129 cm³/mol. The third-order valence-electron chi connectivity index (χ3n) is 6.39. The monoisotopic (exact) mass is 481 g/mol. The van der Waals surface area contributed by atoms with Crippen LogP contribution in [0.4, 0.5) is 0 Å². The van der Waals surface area contributed by atoms with Crippen molar-refractivity contribution in [3.8, 4) is 17.2 Å². The molecular weight excluding hydrogens is 450 g/mol. The number of hydrogen-bond donors (Lipinski definition) is 2. The van der Waals surface area contributed by atoms with Crippen LogP contribution in [0.3, 0.4) is 0 Å². The summed E-state index contributed by atoms with van der Waals surface area (Å²) >= 11 is 0. The van der Waals surface area contributed by atoms with Crippen LogP contribution in [0, 0.1) is 5.92 Å². The zero-order chi connectivity index (χ0) is 24.8. The molecule has 2 N–H and O–H groups in total. The van der Waals surface area contributed by atoms with Crippen molar-refractivity contribution in [1.29, 1.82) is 0 Å². The molecule has 2 aliphatic rings. The predicted octanol–water partition coefficient (Wildman–Crippen LogP) is 2.60. The fourth-order valence-corrected chi connectivity index (χ4v) is 4.45. The van der Waals surface area contributed by atoms with Crippen molar-refractivity contribution in [3.05, 3.63) is 53.6 Å². The Bertz CT molecular complexity index is 1080. The number of benzene rings is 2. The highest BCUT2D eigenvalue weighted by Crippen LogP contribution is 2.32. The van der Waals surface area contributed by atoms with Crippen molar-refractivity contribution in [2.45, 2.75) is 32.2 Å². The van der Waals surface area contributed by atoms with Crippen molar-refractivity contribution in [2.75, 3.05) is 33.5 Å². The van der Waals surface area contributed by atoms with Crippen molar-refractivity contribution in [1.82, 2.24) is 15.5 Å². The molecule has 2 aromatic carbocycles. The molecule has 2 heterocycles. The summed E-state index contributed by atoms with van der Waals surface area (Å²) in [5.41, 5.74) is 0.910. The van der Waals surface area contributed by atoms with Gasteiger partial charge in [0.05, 0.1) is 12.7 Å². The number of nitrogens with zero attached hydrogens (tertiary/aromatic N) is 1. The Morgan fingerprint density at radius 2 is 1.83 bits per heavy atom. The Morgan fingerprint density at radius 3 is 2.57 bits per heavy atom. The summed E-state index contributed by atoms with van der Waals surface area (Å²) in [4.78, 5) is 40.9. The summed E-state index contributed by atoms with van der Waals surface area (Å²) < 4.78 is 16.0. The Morgan fingerprint density at radius 1 is 1.09 bits per heavy atom. The summed E-state index contributed by atoms with van der Waals surface area (Å²) in [6.45, 7) is 3.59. The number of piperidine rings is 1. The molecule has 186 valence electrons. The van der Waals surface area contributed by atoms with Gasteiger partial charge in [-0.15, -0.1) is 0 Å². The number of methoxy groups -OCH3 is 1. The third-order valence-corrected chi connectivity index (χ3v) is 6.39. The Hall–Kier alpha value is -3.75. The maximum absolute atomic E-state index is 13.1. The van der Waals surface area contributed by atoms with Gasteiger partial charge in [0.2, 0.25) is 12.7 Å². The van der Waals surface area contributed by atoms with E-state index < -0.39 is 6.04 Å². The normalized spacial score (nSPS) is 15.9. The zero-order valence-corrected chi connectivity index (χ0v) is 20.0. The highest BCUT2D eigenvalue weighted by atomic mass is 16.7. The van der Waals surface area contributed by atoms with Crippen molar-refractivity contribution >= 4 is 17.7 Å². The first kappa shape index (κ1) is 24.4. The fraction of sp³-hybridized carbons (Fsp3) is 0.423. The summed E-state index contributed by atoms with van der Waals surface area (Å²) in [6, 6.07) is 11.4. The molecule has 0 bridgehead atoms. The topological polar surface area (TPSA) is 106 Å². The van der Waals surface area contributed by atoms with E-state index in [2.05, 4.69) is 10.6 Å². The van der Waals surface area contributed by atoms with Gasteiger partial charge in [-0.3, -0.25) is 14.4 Å². The number of ether oxygens (including phenoxy) is 3. The molecule has 9 nitrogen and oxygen atoms in total. The van der Waals surface area contributed by atoms with Gasteiger partial charge in [-0.1, -0.05) is 19.1 Å². The van der Waals surface area contributed by atoms with E-state index in [0.29, 0.717) is 60.9 Å². The van der Waals surface area contributed by atoms with E-state index in [4.69, 9.17) is 14.2 Å². The van der Waals surface area contributed by atoms with Crippen LogP contribution in [0.2, 0.25) is 0 Å². The average Bonchev–Trinajstić information content (AvgIpc) is 3.38. The van der Waals surface area contributed by atoms with Crippen LogP contribution in [0.1, 0.15) is 46.9 Å². The van der Waals surface area contributed by atoms with Crippen molar-refractivity contribution in [3.63, 3.8) is 0 Å². The second-order valence-electron chi connectivity index (χ2n) is 8.64. The number of para-hydroxylation sites is 1. The highest BCUT2D eigenvalue weighted by Gasteiger charge is 2.34. The molecule has 1 fully saturated rings. The molecular formula is C26H31N3O6. The van der Waals surface area contributed by atoms with Gasteiger partial charge in [0.1, 0.15) is 11.8 Å². The first-order valence-corrected chi connectivity index (χ1v) is 11.9. The molecule has 0 spiro atoms. The van der Waals surface area contributed by atoms with Crippen LogP contribution in [-0.4, -0.2) is 62.2 Å². The number of carbonyl (C=O) groups is 3. The molecule has 1 saturated heterocycles. The molecule has 0 aliphatic carbocycles. The number of amides is 3. The summed E-state index contributed by atoms with van der Waals surface area (Å²) in [6.07, 6.45) is 1.97. The first-order chi connectivity index (χ1) is 17.0. The molecule has 2 aliphatic heterocycles. The number of hydrogen-bond acceptors (Lipinski definition) is 6. The second kappa shape index (κ2) is 11.1. The van der Waals surface area contributed by atoms with Gasteiger partial charge in [-0.25, -0.2) is 0 Å². The van der Waals surface area contributed by atoms with E-state index >= 15 is 0 Å². The maximum Gasteiger partial charge on any atom is 0.257 e. The number of carbonyl (C=O) groups excluding carboxylic acids is 3. The number of likely N-dealkylation sites (tertiary alicyclic amines) is 1. The van der Waals surface area contributed by atoms with Crippen LogP contribution in [0.25, 0.3) is 0 Å². The summed E-state index contributed by atoms with van der Waals surface area (Å²) in [5.74, 6) is 0.859. The van der Waals surface area contributed by atoms with Gasteiger partial charge >= 0.3 is 0 Å². The molecule has 0 unspecified atom stereocenters. The molecule has 1 atom stereocenters. The minimum Gasteiger partial charge on any atom is -0.496 e. The lowest BCUT2D eigenvalue weighted by Gasteiger charge is -2.36. The van der Waals surface area contributed by atoms with E-state index in [1.54, 1.807) is 42.3 Å². The van der Waals surface area contributed by atoms with Crippen LogP contribution in [0.15, 0.2) is 42.5 Å². The van der Waals surface area contributed by atoms with E-state index in [9.17, 15) is 14.4 Å². The lowest BCUT2D eigenvalue weighted by molar-refractivity contribution is -0.124.